The highest BCUT2D eigenvalue weighted by atomic mass is 35.5. The molecule has 0 aliphatic heterocycles. The molecule has 0 saturated heterocycles. The zero-order chi connectivity index (χ0) is 14.8. The van der Waals surface area contributed by atoms with Crippen LogP contribution in [0.3, 0.4) is 0 Å². The van der Waals surface area contributed by atoms with Crippen LogP contribution in [0.4, 0.5) is 0 Å². The summed E-state index contributed by atoms with van der Waals surface area (Å²) < 4.78 is 0. The van der Waals surface area contributed by atoms with Crippen LogP contribution >= 0.6 is 11.6 Å². The van der Waals surface area contributed by atoms with Gasteiger partial charge in [-0.25, -0.2) is 4.79 Å². The molecule has 3 nitrogen and oxygen atoms in total. The van der Waals surface area contributed by atoms with Gasteiger partial charge < -0.3 is 10.0 Å². The fraction of sp³-hybridized carbons (Fsp3) is 0.400. The summed E-state index contributed by atoms with van der Waals surface area (Å²) in [5, 5.41) is 8.65. The van der Waals surface area contributed by atoms with Gasteiger partial charge in [-0.3, -0.25) is 0 Å². The van der Waals surface area contributed by atoms with Gasteiger partial charge in [-0.1, -0.05) is 37.3 Å². The first-order valence-electron chi connectivity index (χ1n) is 6.14. The maximum absolute atomic E-state index is 10.5. The van der Waals surface area contributed by atoms with Crippen LogP contribution in [0.15, 0.2) is 41.6 Å². The van der Waals surface area contributed by atoms with Gasteiger partial charge in [-0.05, 0) is 18.9 Å². The Morgan fingerprint density at radius 3 is 2.00 bits per heavy atom. The molecule has 0 fully saturated rings. The number of hydrogen-bond donors (Lipinski definition) is 1. The molecule has 0 saturated carbocycles. The summed E-state index contributed by atoms with van der Waals surface area (Å²) in [4.78, 5) is 12.4. The number of carboxylic acid groups (broad SMARTS) is 1. The van der Waals surface area contributed by atoms with Crippen molar-refractivity contribution in [2.24, 2.45) is 0 Å². The number of halogens is 1. The molecule has 1 N–H and O–H groups in total. The van der Waals surface area contributed by atoms with Crippen molar-refractivity contribution >= 4 is 17.6 Å². The van der Waals surface area contributed by atoms with Gasteiger partial charge in [0.2, 0.25) is 0 Å². The van der Waals surface area contributed by atoms with Crippen molar-refractivity contribution in [3.63, 3.8) is 0 Å². The number of carboxylic acids is 1. The molecule has 0 bridgehead atoms. The third-order valence-corrected chi connectivity index (χ3v) is 2.93. The Balaban J connectivity index is 0.000000356. The first-order chi connectivity index (χ1) is 8.93. The summed E-state index contributed by atoms with van der Waals surface area (Å²) in [6.07, 6.45) is 0.755. The Hall–Kier alpha value is -1.48. The molecule has 0 spiro atoms. The molecule has 4 heteroatoms. The minimum atomic E-state index is -0.837. The van der Waals surface area contributed by atoms with Crippen molar-refractivity contribution in [2.75, 3.05) is 14.1 Å². The molecular formula is C15H22ClNO2. The number of aliphatic carboxylic acids is 1. The number of nitrogens with zero attached hydrogens (tertiary/aromatic N) is 1. The van der Waals surface area contributed by atoms with E-state index in [9.17, 15) is 4.79 Å². The second-order valence-electron chi connectivity index (χ2n) is 4.24. The van der Waals surface area contributed by atoms with Crippen LogP contribution in [0.1, 0.15) is 25.8 Å². The highest BCUT2D eigenvalue weighted by molar-refractivity contribution is 6.17. The van der Waals surface area contributed by atoms with E-state index in [1.165, 1.54) is 5.56 Å². The van der Waals surface area contributed by atoms with E-state index < -0.39 is 5.97 Å². The lowest BCUT2D eigenvalue weighted by atomic mass is 10.2. The summed E-state index contributed by atoms with van der Waals surface area (Å²) in [7, 11) is 3.70. The van der Waals surface area contributed by atoms with Crippen LogP contribution < -0.4 is 0 Å². The Labute approximate surface area is 120 Å². The SMILES string of the molecule is CCC(=C(C)C(=O)O)N(C)C.ClCc1ccccc1. The monoisotopic (exact) mass is 283 g/mol. The topological polar surface area (TPSA) is 40.5 Å². The van der Waals surface area contributed by atoms with Gasteiger partial charge >= 0.3 is 5.97 Å². The lowest BCUT2D eigenvalue weighted by molar-refractivity contribution is -0.132. The largest absolute Gasteiger partial charge is 0.478 e. The van der Waals surface area contributed by atoms with E-state index in [1.807, 2.05) is 56.3 Å². The molecule has 106 valence electrons. The Morgan fingerprint density at radius 2 is 1.79 bits per heavy atom. The van der Waals surface area contributed by atoms with Gasteiger partial charge in [0.15, 0.2) is 0 Å². The van der Waals surface area contributed by atoms with Crippen molar-refractivity contribution in [3.05, 3.63) is 47.2 Å². The van der Waals surface area contributed by atoms with E-state index in [0.29, 0.717) is 11.5 Å². The minimum Gasteiger partial charge on any atom is -0.478 e. The third kappa shape index (κ3) is 6.87. The molecule has 1 aromatic rings. The molecule has 0 amide bonds. The van der Waals surface area contributed by atoms with E-state index in [0.717, 1.165) is 12.1 Å². The number of alkyl halides is 1. The van der Waals surface area contributed by atoms with Gasteiger partial charge in [-0.15, -0.1) is 11.6 Å². The highest BCUT2D eigenvalue weighted by Gasteiger charge is 2.08. The number of allylic oxidation sites excluding steroid dienone is 1. The van der Waals surface area contributed by atoms with Gasteiger partial charge in [0.05, 0.1) is 5.57 Å². The van der Waals surface area contributed by atoms with Crippen LogP contribution in [0.25, 0.3) is 0 Å². The minimum absolute atomic E-state index is 0.428. The molecule has 1 aromatic carbocycles. The lowest BCUT2D eigenvalue weighted by Gasteiger charge is -2.17. The third-order valence-electron chi connectivity index (χ3n) is 2.63. The molecule has 1 rings (SSSR count). The molecule has 0 atom stereocenters. The zero-order valence-corrected chi connectivity index (χ0v) is 12.7. The Bertz CT molecular complexity index is 413. The van der Waals surface area contributed by atoms with E-state index in [4.69, 9.17) is 16.7 Å². The molecule has 0 aliphatic rings. The molecule has 0 aliphatic carbocycles. The highest BCUT2D eigenvalue weighted by Crippen LogP contribution is 2.10. The molecule has 0 heterocycles. The summed E-state index contributed by atoms with van der Waals surface area (Å²) >= 11 is 5.53. The first kappa shape index (κ1) is 17.5. The average Bonchev–Trinajstić information content (AvgIpc) is 2.40. The number of benzene rings is 1. The van der Waals surface area contributed by atoms with Gasteiger partial charge in [0.1, 0.15) is 0 Å². The maximum Gasteiger partial charge on any atom is 0.333 e. The second kappa shape index (κ2) is 9.45. The fourth-order valence-electron chi connectivity index (χ4n) is 1.61. The van der Waals surface area contributed by atoms with Crippen molar-refractivity contribution in [1.29, 1.82) is 0 Å². The summed E-state index contributed by atoms with van der Waals surface area (Å²) in [6, 6.07) is 9.96. The molecule has 19 heavy (non-hydrogen) atoms. The zero-order valence-electron chi connectivity index (χ0n) is 12.0. The summed E-state index contributed by atoms with van der Waals surface area (Å²) in [5.74, 6) is -0.226. The molecule has 0 radical (unpaired) electrons. The van der Waals surface area contributed by atoms with Crippen molar-refractivity contribution in [3.8, 4) is 0 Å². The van der Waals surface area contributed by atoms with Gasteiger partial charge in [0.25, 0.3) is 0 Å². The van der Waals surface area contributed by atoms with Crippen molar-refractivity contribution in [1.82, 2.24) is 4.90 Å². The van der Waals surface area contributed by atoms with E-state index in [2.05, 4.69) is 0 Å². The normalized spacial score (nSPS) is 11.0. The maximum atomic E-state index is 10.5. The molecule has 0 unspecified atom stereocenters. The quantitative estimate of drug-likeness (QED) is 0.676. The predicted octanol–water partition coefficient (Wildman–Crippen LogP) is 3.74. The Kier molecular flexibility index (Phi) is 8.71. The van der Waals surface area contributed by atoms with Crippen LogP contribution in [0, 0.1) is 0 Å². The van der Waals surface area contributed by atoms with E-state index >= 15 is 0 Å². The summed E-state index contributed by atoms with van der Waals surface area (Å²) in [5.41, 5.74) is 2.48. The fourth-order valence-corrected chi connectivity index (χ4v) is 1.79. The first-order valence-corrected chi connectivity index (χ1v) is 6.67. The second-order valence-corrected chi connectivity index (χ2v) is 4.51. The Morgan fingerprint density at radius 1 is 1.26 bits per heavy atom. The van der Waals surface area contributed by atoms with Crippen LogP contribution in [-0.4, -0.2) is 30.1 Å². The van der Waals surface area contributed by atoms with Gasteiger partial charge in [-0.2, -0.15) is 0 Å². The van der Waals surface area contributed by atoms with Crippen LogP contribution in [0.2, 0.25) is 0 Å². The van der Waals surface area contributed by atoms with Crippen molar-refractivity contribution < 1.29 is 9.90 Å². The van der Waals surface area contributed by atoms with Crippen LogP contribution in [0.5, 0.6) is 0 Å². The average molecular weight is 284 g/mol. The molecular weight excluding hydrogens is 262 g/mol. The van der Waals surface area contributed by atoms with Gasteiger partial charge in [0, 0.05) is 25.7 Å². The lowest BCUT2D eigenvalue weighted by Crippen LogP contribution is -2.15. The smallest absolute Gasteiger partial charge is 0.333 e. The number of rotatable bonds is 4. The standard InChI is InChI=1S/C8H15NO2.C7H7Cl/c1-5-7(9(3)4)6(2)8(10)11;8-6-7-4-2-1-3-5-7/h5H2,1-4H3,(H,10,11);1-5H,6H2. The summed E-state index contributed by atoms with van der Waals surface area (Å²) in [6.45, 7) is 3.57. The predicted molar refractivity (Wildman–Crippen MR) is 80.3 cm³/mol. The molecule has 0 aromatic heterocycles. The van der Waals surface area contributed by atoms with Crippen molar-refractivity contribution in [2.45, 2.75) is 26.1 Å². The number of carbonyl (C=O) groups is 1. The number of hydrogen-bond acceptors (Lipinski definition) is 2. The van der Waals surface area contributed by atoms with Crippen LogP contribution in [-0.2, 0) is 10.7 Å². The van der Waals surface area contributed by atoms with E-state index in [1.54, 1.807) is 6.92 Å². The van der Waals surface area contributed by atoms with E-state index in [-0.39, 0.29) is 0 Å².